The standard InChI is InChI=1S/C12H15N3O3S2/c1-2-6-19-7-5-14-12(18)13-4-3-10-15-9(8-20-10)11(16)17/h1,8H,3-7H2,(H,16,17)(H2,13,14,18). The summed E-state index contributed by atoms with van der Waals surface area (Å²) < 4.78 is 0. The first kappa shape index (κ1) is 16.3. The topological polar surface area (TPSA) is 91.3 Å². The average Bonchev–Trinajstić information content (AvgIpc) is 2.87. The van der Waals surface area contributed by atoms with Gasteiger partial charge in [-0.05, 0) is 0 Å². The highest BCUT2D eigenvalue weighted by Gasteiger charge is 2.08. The fourth-order valence-corrected chi connectivity index (χ4v) is 2.52. The van der Waals surface area contributed by atoms with Gasteiger partial charge in [-0.25, -0.2) is 14.6 Å². The summed E-state index contributed by atoms with van der Waals surface area (Å²) in [5, 5.41) is 16.3. The van der Waals surface area contributed by atoms with Gasteiger partial charge in [0.2, 0.25) is 0 Å². The third kappa shape index (κ3) is 6.45. The molecule has 2 amide bonds. The molecule has 108 valence electrons. The molecule has 0 unspecified atom stereocenters. The zero-order valence-electron chi connectivity index (χ0n) is 10.7. The zero-order chi connectivity index (χ0) is 14.8. The number of thiazole rings is 1. The maximum atomic E-state index is 11.4. The maximum absolute atomic E-state index is 11.4. The highest BCUT2D eigenvalue weighted by Crippen LogP contribution is 2.09. The summed E-state index contributed by atoms with van der Waals surface area (Å²) in [5.74, 6) is 2.87. The highest BCUT2D eigenvalue weighted by atomic mass is 32.2. The summed E-state index contributed by atoms with van der Waals surface area (Å²) in [7, 11) is 0. The van der Waals surface area contributed by atoms with E-state index in [1.165, 1.54) is 16.7 Å². The Morgan fingerprint density at radius 2 is 2.20 bits per heavy atom. The molecule has 0 aliphatic heterocycles. The van der Waals surface area contributed by atoms with E-state index in [0.29, 0.717) is 30.3 Å². The van der Waals surface area contributed by atoms with Gasteiger partial charge in [-0.15, -0.1) is 29.5 Å². The smallest absolute Gasteiger partial charge is 0.355 e. The summed E-state index contributed by atoms with van der Waals surface area (Å²) in [6.45, 7) is 0.967. The fourth-order valence-electron chi connectivity index (χ4n) is 1.24. The number of terminal acetylenes is 1. The van der Waals surface area contributed by atoms with E-state index in [0.717, 1.165) is 5.75 Å². The van der Waals surface area contributed by atoms with E-state index in [9.17, 15) is 9.59 Å². The van der Waals surface area contributed by atoms with Gasteiger partial charge < -0.3 is 15.7 Å². The fraction of sp³-hybridized carbons (Fsp3) is 0.417. The van der Waals surface area contributed by atoms with Gasteiger partial charge in [-0.2, -0.15) is 0 Å². The molecule has 3 N–H and O–H groups in total. The molecule has 1 rings (SSSR count). The average molecular weight is 313 g/mol. The van der Waals surface area contributed by atoms with Crippen molar-refractivity contribution in [1.82, 2.24) is 15.6 Å². The largest absolute Gasteiger partial charge is 0.476 e. The summed E-state index contributed by atoms with van der Waals surface area (Å²) in [6.07, 6.45) is 5.61. The molecule has 0 radical (unpaired) electrons. The van der Waals surface area contributed by atoms with E-state index in [2.05, 4.69) is 21.5 Å². The van der Waals surface area contributed by atoms with Gasteiger partial charge in [0.25, 0.3) is 0 Å². The van der Waals surface area contributed by atoms with E-state index in [1.807, 2.05) is 0 Å². The molecule has 0 aliphatic carbocycles. The second-order valence-corrected chi connectivity index (χ2v) is 5.67. The Morgan fingerprint density at radius 1 is 1.45 bits per heavy atom. The lowest BCUT2D eigenvalue weighted by molar-refractivity contribution is 0.0691. The minimum atomic E-state index is -1.04. The van der Waals surface area contributed by atoms with E-state index >= 15 is 0 Å². The van der Waals surface area contributed by atoms with Crippen LogP contribution in [0.1, 0.15) is 15.5 Å². The monoisotopic (exact) mass is 313 g/mol. The number of carbonyl (C=O) groups excluding carboxylic acids is 1. The quantitative estimate of drug-likeness (QED) is 0.493. The van der Waals surface area contributed by atoms with Crippen LogP contribution in [-0.4, -0.2) is 46.7 Å². The van der Waals surface area contributed by atoms with Gasteiger partial charge in [-0.3, -0.25) is 0 Å². The Hall–Kier alpha value is -1.72. The number of aromatic nitrogens is 1. The van der Waals surface area contributed by atoms with Crippen LogP contribution in [-0.2, 0) is 6.42 Å². The molecule has 0 spiro atoms. The first-order chi connectivity index (χ1) is 9.63. The van der Waals surface area contributed by atoms with Crippen LogP contribution in [0.3, 0.4) is 0 Å². The first-order valence-electron chi connectivity index (χ1n) is 5.84. The van der Waals surface area contributed by atoms with Crippen molar-refractivity contribution in [1.29, 1.82) is 0 Å². The van der Waals surface area contributed by atoms with Gasteiger partial charge in [-0.1, -0.05) is 5.92 Å². The van der Waals surface area contributed by atoms with Crippen LogP contribution in [0.25, 0.3) is 0 Å². The third-order valence-electron chi connectivity index (χ3n) is 2.11. The lowest BCUT2D eigenvalue weighted by Gasteiger charge is -2.05. The molecule has 0 aliphatic rings. The molecule has 0 atom stereocenters. The second kappa shape index (κ2) is 9.23. The van der Waals surface area contributed by atoms with E-state index in [1.54, 1.807) is 11.8 Å². The van der Waals surface area contributed by atoms with Crippen molar-refractivity contribution in [3.05, 3.63) is 16.1 Å². The SMILES string of the molecule is C#CCSCCNC(=O)NCCc1nc(C(=O)O)cs1. The Kier molecular flexibility index (Phi) is 7.54. The molecule has 8 heteroatoms. The molecule has 20 heavy (non-hydrogen) atoms. The number of amides is 2. The van der Waals surface area contributed by atoms with E-state index in [-0.39, 0.29) is 11.7 Å². The molecule has 0 aromatic carbocycles. The number of carboxylic acids is 1. The number of carbonyl (C=O) groups is 2. The second-order valence-electron chi connectivity index (χ2n) is 3.62. The van der Waals surface area contributed by atoms with Crippen molar-refractivity contribution in [2.24, 2.45) is 0 Å². The molecule has 1 heterocycles. The summed E-state index contributed by atoms with van der Waals surface area (Å²) >= 11 is 2.85. The van der Waals surface area contributed by atoms with Gasteiger partial charge in [0.05, 0.1) is 10.8 Å². The van der Waals surface area contributed by atoms with Crippen molar-refractivity contribution in [2.75, 3.05) is 24.6 Å². The number of carboxylic acid groups (broad SMARTS) is 1. The Bertz CT molecular complexity index is 496. The van der Waals surface area contributed by atoms with E-state index in [4.69, 9.17) is 11.5 Å². The van der Waals surface area contributed by atoms with Crippen LogP contribution in [0.2, 0.25) is 0 Å². The van der Waals surface area contributed by atoms with Crippen molar-refractivity contribution in [3.8, 4) is 12.3 Å². The molecule has 0 saturated carbocycles. The van der Waals surface area contributed by atoms with Crippen molar-refractivity contribution in [3.63, 3.8) is 0 Å². The lowest BCUT2D eigenvalue weighted by Crippen LogP contribution is -2.37. The molecule has 0 fully saturated rings. The van der Waals surface area contributed by atoms with Crippen LogP contribution in [0.5, 0.6) is 0 Å². The molecular formula is C12H15N3O3S2. The molecule has 1 aromatic heterocycles. The predicted molar refractivity (Wildman–Crippen MR) is 80.3 cm³/mol. The Morgan fingerprint density at radius 3 is 2.85 bits per heavy atom. The Balaban J connectivity index is 2.12. The molecule has 6 nitrogen and oxygen atoms in total. The van der Waals surface area contributed by atoms with Gasteiger partial charge in [0, 0.05) is 30.6 Å². The Labute approximate surface area is 125 Å². The highest BCUT2D eigenvalue weighted by molar-refractivity contribution is 7.99. The van der Waals surface area contributed by atoms with Gasteiger partial charge in [0.1, 0.15) is 0 Å². The number of nitrogens with zero attached hydrogens (tertiary/aromatic N) is 1. The molecular weight excluding hydrogens is 298 g/mol. The third-order valence-corrected chi connectivity index (χ3v) is 3.88. The lowest BCUT2D eigenvalue weighted by atomic mass is 10.4. The number of hydrogen-bond donors (Lipinski definition) is 3. The normalized spacial score (nSPS) is 9.75. The van der Waals surface area contributed by atoms with Gasteiger partial charge >= 0.3 is 12.0 Å². The number of nitrogens with one attached hydrogen (secondary N) is 2. The maximum Gasteiger partial charge on any atom is 0.355 e. The minimum Gasteiger partial charge on any atom is -0.476 e. The summed E-state index contributed by atoms with van der Waals surface area (Å²) in [5.41, 5.74) is 0.0417. The van der Waals surface area contributed by atoms with Crippen LogP contribution >= 0.6 is 23.1 Å². The van der Waals surface area contributed by atoms with Crippen LogP contribution in [0.15, 0.2) is 5.38 Å². The molecule has 0 saturated heterocycles. The summed E-state index contributed by atoms with van der Waals surface area (Å²) in [4.78, 5) is 26.0. The zero-order valence-corrected chi connectivity index (χ0v) is 12.4. The van der Waals surface area contributed by atoms with Crippen molar-refractivity contribution in [2.45, 2.75) is 6.42 Å². The van der Waals surface area contributed by atoms with Crippen molar-refractivity contribution >= 4 is 35.1 Å². The number of thioether (sulfide) groups is 1. The first-order valence-corrected chi connectivity index (χ1v) is 7.87. The number of rotatable bonds is 8. The van der Waals surface area contributed by atoms with Crippen LogP contribution in [0, 0.1) is 12.3 Å². The molecule has 0 bridgehead atoms. The van der Waals surface area contributed by atoms with Gasteiger partial charge in [0.15, 0.2) is 5.69 Å². The number of aromatic carboxylic acids is 1. The number of hydrogen-bond acceptors (Lipinski definition) is 5. The van der Waals surface area contributed by atoms with Crippen LogP contribution in [0.4, 0.5) is 4.79 Å². The van der Waals surface area contributed by atoms with E-state index < -0.39 is 5.97 Å². The predicted octanol–water partition coefficient (Wildman–Crippen LogP) is 1.05. The van der Waals surface area contributed by atoms with Crippen molar-refractivity contribution < 1.29 is 14.7 Å². The minimum absolute atomic E-state index is 0.0417. The van der Waals surface area contributed by atoms with Crippen LogP contribution < -0.4 is 10.6 Å². The summed E-state index contributed by atoms with van der Waals surface area (Å²) in [6, 6.07) is -0.249. The molecule has 1 aromatic rings. The number of urea groups is 1.